The summed E-state index contributed by atoms with van der Waals surface area (Å²) in [5, 5.41) is 3.53. The number of rotatable bonds is 9. The van der Waals surface area contributed by atoms with Crippen molar-refractivity contribution in [2.24, 2.45) is 5.73 Å². The highest BCUT2D eigenvalue weighted by Gasteiger charge is 2.20. The van der Waals surface area contributed by atoms with Crippen LogP contribution in [0.3, 0.4) is 0 Å². The summed E-state index contributed by atoms with van der Waals surface area (Å²) in [5.41, 5.74) is 7.92. The van der Waals surface area contributed by atoms with E-state index in [-0.39, 0.29) is 15.6 Å². The molecule has 4 rings (SSSR count). The van der Waals surface area contributed by atoms with Gasteiger partial charge in [0.1, 0.15) is 10.6 Å². The van der Waals surface area contributed by atoms with Gasteiger partial charge in [0, 0.05) is 30.5 Å². The number of aromatic nitrogens is 3. The lowest BCUT2D eigenvalue weighted by Crippen LogP contribution is -2.33. The SMILES string of the molecule is COc1cc(NS(=O)(=O)c2ccccc2Cl)cnc1CCc1cnc(NC2CCC(N)CC2)nc1. The Morgan fingerprint density at radius 2 is 1.77 bits per heavy atom. The Morgan fingerprint density at radius 1 is 1.06 bits per heavy atom. The third-order valence-electron chi connectivity index (χ3n) is 5.99. The summed E-state index contributed by atoms with van der Waals surface area (Å²) in [7, 11) is -2.34. The number of halogens is 1. The molecule has 0 radical (unpaired) electrons. The minimum atomic E-state index is -3.86. The predicted octanol–water partition coefficient (Wildman–Crippen LogP) is 3.80. The Morgan fingerprint density at radius 3 is 2.46 bits per heavy atom. The van der Waals surface area contributed by atoms with E-state index in [0.717, 1.165) is 31.2 Å². The van der Waals surface area contributed by atoms with Crippen LogP contribution in [0.2, 0.25) is 5.02 Å². The molecule has 1 aliphatic rings. The molecule has 0 spiro atoms. The van der Waals surface area contributed by atoms with Gasteiger partial charge in [-0.15, -0.1) is 0 Å². The van der Waals surface area contributed by atoms with E-state index < -0.39 is 10.0 Å². The molecule has 1 fully saturated rings. The number of nitrogens with zero attached hydrogens (tertiary/aromatic N) is 3. The summed E-state index contributed by atoms with van der Waals surface area (Å²) in [6.07, 6.45) is 10.4. The van der Waals surface area contributed by atoms with Crippen LogP contribution in [0, 0.1) is 0 Å². The zero-order valence-electron chi connectivity index (χ0n) is 19.4. The lowest BCUT2D eigenvalue weighted by molar-refractivity contribution is 0.407. The molecule has 186 valence electrons. The zero-order chi connectivity index (χ0) is 24.8. The van der Waals surface area contributed by atoms with Crippen molar-refractivity contribution in [2.75, 3.05) is 17.1 Å². The van der Waals surface area contributed by atoms with Crippen LogP contribution >= 0.6 is 11.6 Å². The summed E-state index contributed by atoms with van der Waals surface area (Å²) in [6, 6.07) is 8.52. The Kier molecular flexibility index (Phi) is 8.04. The number of nitrogens with one attached hydrogen (secondary N) is 2. The number of ether oxygens (including phenoxy) is 1. The third-order valence-corrected chi connectivity index (χ3v) is 7.87. The van der Waals surface area contributed by atoms with Crippen LogP contribution < -0.4 is 20.5 Å². The number of aryl methyl sites for hydroxylation is 2. The number of methoxy groups -OCH3 is 1. The van der Waals surface area contributed by atoms with Crippen LogP contribution in [-0.2, 0) is 22.9 Å². The largest absolute Gasteiger partial charge is 0.495 e. The first-order valence-corrected chi connectivity index (χ1v) is 13.3. The Labute approximate surface area is 210 Å². The molecule has 0 unspecified atom stereocenters. The van der Waals surface area contributed by atoms with Crippen molar-refractivity contribution in [3.63, 3.8) is 0 Å². The maximum absolute atomic E-state index is 12.7. The maximum Gasteiger partial charge on any atom is 0.263 e. The Bertz CT molecular complexity index is 1250. The second-order valence-corrected chi connectivity index (χ2v) is 10.6. The smallest absolute Gasteiger partial charge is 0.263 e. The van der Waals surface area contributed by atoms with Crippen LogP contribution in [-0.4, -0.2) is 42.6 Å². The van der Waals surface area contributed by atoms with Crippen LogP contribution in [0.25, 0.3) is 0 Å². The van der Waals surface area contributed by atoms with E-state index in [2.05, 4.69) is 25.0 Å². The van der Waals surface area contributed by atoms with E-state index in [4.69, 9.17) is 22.1 Å². The van der Waals surface area contributed by atoms with Gasteiger partial charge in [-0.1, -0.05) is 23.7 Å². The maximum atomic E-state index is 12.7. The number of benzene rings is 1. The van der Waals surface area contributed by atoms with Crippen molar-refractivity contribution in [2.45, 2.75) is 55.5 Å². The van der Waals surface area contributed by atoms with Gasteiger partial charge in [-0.25, -0.2) is 18.4 Å². The van der Waals surface area contributed by atoms with Gasteiger partial charge in [-0.2, -0.15) is 0 Å². The molecule has 0 amide bonds. The lowest BCUT2D eigenvalue weighted by atomic mass is 9.92. The molecule has 0 aliphatic heterocycles. The number of hydrogen-bond donors (Lipinski definition) is 3. The number of hydrogen-bond acceptors (Lipinski definition) is 8. The van der Waals surface area contributed by atoms with Gasteiger partial charge in [0.2, 0.25) is 5.95 Å². The summed E-state index contributed by atoms with van der Waals surface area (Å²) in [5.74, 6) is 1.11. The zero-order valence-corrected chi connectivity index (χ0v) is 21.0. The fourth-order valence-corrected chi connectivity index (χ4v) is 5.59. The molecular formula is C24H29ClN6O3S. The van der Waals surface area contributed by atoms with E-state index in [1.165, 1.54) is 25.4 Å². The molecule has 1 aliphatic carbocycles. The van der Waals surface area contributed by atoms with Gasteiger partial charge < -0.3 is 15.8 Å². The Balaban J connectivity index is 1.37. The number of sulfonamides is 1. The highest BCUT2D eigenvalue weighted by atomic mass is 35.5. The first-order valence-electron chi connectivity index (χ1n) is 11.5. The average molecular weight is 517 g/mol. The van der Waals surface area contributed by atoms with Crippen molar-refractivity contribution >= 4 is 33.3 Å². The highest BCUT2D eigenvalue weighted by Crippen LogP contribution is 2.27. The molecule has 11 heteroatoms. The van der Waals surface area contributed by atoms with Crippen molar-refractivity contribution in [1.29, 1.82) is 0 Å². The minimum Gasteiger partial charge on any atom is -0.495 e. The number of nitrogens with two attached hydrogens (primary N) is 1. The topological polar surface area (TPSA) is 132 Å². The monoisotopic (exact) mass is 516 g/mol. The fourth-order valence-electron chi connectivity index (χ4n) is 4.03. The molecule has 0 atom stereocenters. The van der Waals surface area contributed by atoms with E-state index in [1.54, 1.807) is 18.2 Å². The third kappa shape index (κ3) is 6.59. The van der Waals surface area contributed by atoms with E-state index in [1.807, 2.05) is 12.4 Å². The molecule has 9 nitrogen and oxygen atoms in total. The molecule has 2 aromatic heterocycles. The lowest BCUT2D eigenvalue weighted by Gasteiger charge is -2.26. The minimum absolute atomic E-state index is 0.00490. The van der Waals surface area contributed by atoms with Gasteiger partial charge in [0.05, 0.1) is 29.7 Å². The van der Waals surface area contributed by atoms with Crippen molar-refractivity contribution < 1.29 is 13.2 Å². The number of anilines is 2. The van der Waals surface area contributed by atoms with E-state index in [0.29, 0.717) is 42.3 Å². The first kappa shape index (κ1) is 25.2. The summed E-state index contributed by atoms with van der Waals surface area (Å²) < 4.78 is 33.4. The summed E-state index contributed by atoms with van der Waals surface area (Å²) in [4.78, 5) is 13.3. The fraction of sp³-hybridized carbons (Fsp3) is 0.375. The Hall–Kier alpha value is -2.95. The van der Waals surface area contributed by atoms with Gasteiger partial charge in [0.15, 0.2) is 0 Å². The molecule has 1 saturated carbocycles. The second kappa shape index (κ2) is 11.2. The highest BCUT2D eigenvalue weighted by molar-refractivity contribution is 7.92. The van der Waals surface area contributed by atoms with Crippen molar-refractivity contribution in [3.8, 4) is 5.75 Å². The molecule has 0 bridgehead atoms. The van der Waals surface area contributed by atoms with Crippen LogP contribution in [0.15, 0.2) is 53.8 Å². The quantitative estimate of drug-likeness (QED) is 0.391. The molecule has 2 heterocycles. The van der Waals surface area contributed by atoms with E-state index >= 15 is 0 Å². The molecule has 4 N–H and O–H groups in total. The second-order valence-electron chi connectivity index (χ2n) is 8.58. The number of pyridine rings is 1. The summed E-state index contributed by atoms with van der Waals surface area (Å²) in [6.45, 7) is 0. The standard InChI is InChI=1S/C24H29ClN6O3S/c1-34-22-12-19(31-35(32,33)23-5-3-2-4-20(23)25)15-27-21(22)11-6-16-13-28-24(29-14-16)30-18-9-7-17(26)8-10-18/h2-5,12-15,17-18,31H,6-11,26H2,1H3,(H,28,29,30). The first-order chi connectivity index (χ1) is 16.8. The van der Waals surface area contributed by atoms with Gasteiger partial charge in [-0.3, -0.25) is 9.71 Å². The van der Waals surface area contributed by atoms with Gasteiger partial charge in [0.25, 0.3) is 10.0 Å². The van der Waals surface area contributed by atoms with Crippen LogP contribution in [0.1, 0.15) is 36.9 Å². The summed E-state index contributed by atoms with van der Waals surface area (Å²) >= 11 is 6.04. The molecule has 0 saturated heterocycles. The van der Waals surface area contributed by atoms with Gasteiger partial charge >= 0.3 is 0 Å². The predicted molar refractivity (Wildman–Crippen MR) is 136 cm³/mol. The molecule has 3 aromatic rings. The van der Waals surface area contributed by atoms with Crippen molar-refractivity contribution in [3.05, 3.63) is 65.2 Å². The van der Waals surface area contributed by atoms with Crippen LogP contribution in [0.4, 0.5) is 11.6 Å². The molecular weight excluding hydrogens is 488 g/mol. The molecule has 1 aromatic carbocycles. The van der Waals surface area contributed by atoms with Crippen molar-refractivity contribution in [1.82, 2.24) is 15.0 Å². The van der Waals surface area contributed by atoms with E-state index in [9.17, 15) is 8.42 Å². The van der Waals surface area contributed by atoms with Gasteiger partial charge in [-0.05, 0) is 56.2 Å². The molecule has 35 heavy (non-hydrogen) atoms. The average Bonchev–Trinajstić information content (AvgIpc) is 2.85. The normalized spacial score (nSPS) is 18.1. The van der Waals surface area contributed by atoms with Crippen LogP contribution in [0.5, 0.6) is 5.75 Å².